The second kappa shape index (κ2) is 5.22. The predicted octanol–water partition coefficient (Wildman–Crippen LogP) is 1.16. The Labute approximate surface area is 92.0 Å². The summed E-state index contributed by atoms with van der Waals surface area (Å²) in [7, 11) is 0. The van der Waals surface area contributed by atoms with Crippen LogP contribution in [-0.4, -0.2) is 22.0 Å². The normalized spacial score (nSPS) is 12.1. The number of nitro benzene ring substituents is 1. The van der Waals surface area contributed by atoms with Gasteiger partial charge in [0, 0.05) is 18.7 Å². The second-order valence-electron chi connectivity index (χ2n) is 3.36. The first-order valence-electron chi connectivity index (χ1n) is 4.70. The van der Waals surface area contributed by atoms with E-state index in [1.165, 1.54) is 19.1 Å². The van der Waals surface area contributed by atoms with Crippen LogP contribution < -0.4 is 5.32 Å². The average molecular weight is 224 g/mol. The summed E-state index contributed by atoms with van der Waals surface area (Å²) in [5.41, 5.74) is 0.828. The Morgan fingerprint density at radius 1 is 1.50 bits per heavy atom. The third-order valence-electron chi connectivity index (χ3n) is 2.13. The maximum absolute atomic E-state index is 10.5. The molecule has 0 saturated carbocycles. The molecule has 1 aromatic rings. The fourth-order valence-electron chi connectivity index (χ4n) is 1.09. The van der Waals surface area contributed by atoms with Gasteiger partial charge in [0.25, 0.3) is 5.69 Å². The summed E-state index contributed by atoms with van der Waals surface area (Å²) in [5.74, 6) is -0.929. The smallest absolute Gasteiger partial charge is 0.320 e. The summed E-state index contributed by atoms with van der Waals surface area (Å²) in [4.78, 5) is 20.4. The van der Waals surface area contributed by atoms with Gasteiger partial charge >= 0.3 is 5.97 Å². The van der Waals surface area contributed by atoms with Gasteiger partial charge in [0.05, 0.1) is 4.92 Å². The van der Waals surface area contributed by atoms with Gasteiger partial charge in [-0.15, -0.1) is 0 Å². The lowest BCUT2D eigenvalue weighted by Gasteiger charge is -2.08. The minimum atomic E-state index is -0.929. The molecule has 16 heavy (non-hydrogen) atoms. The number of nitrogens with one attached hydrogen (secondary N) is 1. The van der Waals surface area contributed by atoms with E-state index in [0.29, 0.717) is 6.54 Å². The van der Waals surface area contributed by atoms with Crippen molar-refractivity contribution in [1.82, 2.24) is 5.32 Å². The van der Waals surface area contributed by atoms with E-state index in [-0.39, 0.29) is 5.69 Å². The van der Waals surface area contributed by atoms with Crippen molar-refractivity contribution in [3.63, 3.8) is 0 Å². The summed E-state index contributed by atoms with van der Waals surface area (Å²) < 4.78 is 0. The molecule has 2 N–H and O–H groups in total. The summed E-state index contributed by atoms with van der Waals surface area (Å²) in [6, 6.07) is 5.33. The number of carbonyl (C=O) groups is 1. The number of hydrogen-bond acceptors (Lipinski definition) is 4. The van der Waals surface area contributed by atoms with Crippen LogP contribution in [-0.2, 0) is 11.3 Å². The van der Waals surface area contributed by atoms with E-state index in [9.17, 15) is 14.9 Å². The largest absolute Gasteiger partial charge is 0.480 e. The average Bonchev–Trinajstić information content (AvgIpc) is 2.26. The van der Waals surface area contributed by atoms with Crippen LogP contribution in [0, 0.1) is 10.1 Å². The number of carboxylic acid groups (broad SMARTS) is 1. The van der Waals surface area contributed by atoms with Crippen molar-refractivity contribution in [2.45, 2.75) is 19.5 Å². The number of non-ortho nitro benzene ring substituents is 1. The molecular weight excluding hydrogens is 212 g/mol. The Morgan fingerprint density at radius 2 is 2.06 bits per heavy atom. The van der Waals surface area contributed by atoms with Crippen molar-refractivity contribution in [3.05, 3.63) is 39.9 Å². The molecular formula is C10H12N2O4. The van der Waals surface area contributed by atoms with Crippen LogP contribution in [0.5, 0.6) is 0 Å². The fourth-order valence-corrected chi connectivity index (χ4v) is 1.09. The minimum absolute atomic E-state index is 0.0232. The first kappa shape index (κ1) is 12.1. The fraction of sp³-hybridized carbons (Fsp3) is 0.300. The van der Waals surface area contributed by atoms with E-state index in [2.05, 4.69) is 5.32 Å². The highest BCUT2D eigenvalue weighted by Crippen LogP contribution is 2.11. The van der Waals surface area contributed by atoms with Gasteiger partial charge in [-0.25, -0.2) is 0 Å². The van der Waals surface area contributed by atoms with E-state index in [0.717, 1.165) is 5.56 Å². The first-order chi connectivity index (χ1) is 7.50. The third-order valence-corrected chi connectivity index (χ3v) is 2.13. The molecule has 6 heteroatoms. The van der Waals surface area contributed by atoms with Crippen molar-refractivity contribution < 1.29 is 14.8 Å². The van der Waals surface area contributed by atoms with Gasteiger partial charge in [0.1, 0.15) is 6.04 Å². The lowest BCUT2D eigenvalue weighted by molar-refractivity contribution is -0.384. The van der Waals surface area contributed by atoms with Crippen LogP contribution in [0.4, 0.5) is 5.69 Å². The highest BCUT2D eigenvalue weighted by atomic mass is 16.6. The van der Waals surface area contributed by atoms with Gasteiger partial charge in [-0.3, -0.25) is 14.9 Å². The Kier molecular flexibility index (Phi) is 3.96. The Balaban J connectivity index is 2.56. The minimum Gasteiger partial charge on any atom is -0.480 e. The summed E-state index contributed by atoms with van der Waals surface area (Å²) in [5, 5.41) is 21.8. The molecule has 0 spiro atoms. The molecule has 0 radical (unpaired) electrons. The van der Waals surface area contributed by atoms with Gasteiger partial charge in [-0.2, -0.15) is 0 Å². The molecule has 0 bridgehead atoms. The Hall–Kier alpha value is -1.95. The number of nitro groups is 1. The molecule has 0 aromatic heterocycles. The quantitative estimate of drug-likeness (QED) is 0.578. The summed E-state index contributed by atoms with van der Waals surface area (Å²) in [6.45, 7) is 1.90. The molecule has 0 unspecified atom stereocenters. The van der Waals surface area contributed by atoms with Crippen LogP contribution in [0.1, 0.15) is 12.5 Å². The van der Waals surface area contributed by atoms with E-state index in [1.807, 2.05) is 0 Å². The van der Waals surface area contributed by atoms with Gasteiger partial charge in [-0.05, 0) is 12.5 Å². The molecule has 1 atom stereocenters. The van der Waals surface area contributed by atoms with Crippen molar-refractivity contribution in [2.75, 3.05) is 0 Å². The lowest BCUT2D eigenvalue weighted by atomic mass is 10.2. The first-order valence-corrected chi connectivity index (χ1v) is 4.70. The third kappa shape index (κ3) is 3.32. The molecule has 0 amide bonds. The topological polar surface area (TPSA) is 92.5 Å². The molecule has 0 saturated heterocycles. The van der Waals surface area contributed by atoms with Crippen molar-refractivity contribution in [2.24, 2.45) is 0 Å². The Morgan fingerprint density at radius 3 is 2.50 bits per heavy atom. The SMILES string of the molecule is C[C@H](NCc1ccc([N+](=O)[O-])cc1)C(=O)O. The second-order valence-corrected chi connectivity index (χ2v) is 3.36. The highest BCUT2D eigenvalue weighted by Gasteiger charge is 2.09. The van der Waals surface area contributed by atoms with Crippen LogP contribution in [0.2, 0.25) is 0 Å². The molecule has 6 nitrogen and oxygen atoms in total. The maximum atomic E-state index is 10.5. The molecule has 0 aliphatic rings. The Bertz CT molecular complexity index is 388. The van der Waals surface area contributed by atoms with E-state index >= 15 is 0 Å². The van der Waals surface area contributed by atoms with E-state index < -0.39 is 16.9 Å². The summed E-state index contributed by atoms with van der Waals surface area (Å²) in [6.07, 6.45) is 0. The van der Waals surface area contributed by atoms with Crippen LogP contribution in [0.25, 0.3) is 0 Å². The number of benzene rings is 1. The number of rotatable bonds is 5. The molecule has 86 valence electrons. The predicted molar refractivity (Wildman–Crippen MR) is 57.0 cm³/mol. The van der Waals surface area contributed by atoms with Gasteiger partial charge in [0.15, 0.2) is 0 Å². The van der Waals surface area contributed by atoms with Crippen molar-refractivity contribution in [1.29, 1.82) is 0 Å². The zero-order chi connectivity index (χ0) is 12.1. The molecule has 0 aliphatic carbocycles. The van der Waals surface area contributed by atoms with Gasteiger partial charge in [-0.1, -0.05) is 12.1 Å². The molecule has 0 heterocycles. The number of aliphatic carboxylic acids is 1. The van der Waals surface area contributed by atoms with Crippen LogP contribution >= 0.6 is 0 Å². The van der Waals surface area contributed by atoms with Gasteiger partial charge < -0.3 is 10.4 Å². The van der Waals surface area contributed by atoms with Crippen LogP contribution in [0.15, 0.2) is 24.3 Å². The number of hydrogen-bond donors (Lipinski definition) is 2. The molecule has 0 fully saturated rings. The zero-order valence-electron chi connectivity index (χ0n) is 8.71. The van der Waals surface area contributed by atoms with E-state index in [4.69, 9.17) is 5.11 Å². The van der Waals surface area contributed by atoms with E-state index in [1.54, 1.807) is 12.1 Å². The standard InChI is InChI=1S/C10H12N2O4/c1-7(10(13)14)11-6-8-2-4-9(5-3-8)12(15)16/h2-5,7,11H,6H2,1H3,(H,13,14)/t7-/m0/s1. The molecule has 1 rings (SSSR count). The van der Waals surface area contributed by atoms with Crippen molar-refractivity contribution in [3.8, 4) is 0 Å². The molecule has 0 aliphatic heterocycles. The van der Waals surface area contributed by atoms with Crippen molar-refractivity contribution >= 4 is 11.7 Å². The molecule has 1 aromatic carbocycles. The van der Waals surface area contributed by atoms with Gasteiger partial charge in [0.2, 0.25) is 0 Å². The monoisotopic (exact) mass is 224 g/mol. The highest BCUT2D eigenvalue weighted by molar-refractivity contribution is 5.72. The maximum Gasteiger partial charge on any atom is 0.320 e. The number of nitrogens with zero attached hydrogens (tertiary/aromatic N) is 1. The lowest BCUT2D eigenvalue weighted by Crippen LogP contribution is -2.33. The van der Waals surface area contributed by atoms with Crippen LogP contribution in [0.3, 0.4) is 0 Å². The zero-order valence-corrected chi connectivity index (χ0v) is 8.71. The number of carboxylic acids is 1. The summed E-state index contributed by atoms with van der Waals surface area (Å²) >= 11 is 0.